The van der Waals surface area contributed by atoms with Gasteiger partial charge in [-0.05, 0) is 48.0 Å². The van der Waals surface area contributed by atoms with Gasteiger partial charge in [0.2, 0.25) is 0 Å². The second-order valence-corrected chi connectivity index (χ2v) is 13.8. The molecule has 5 nitrogen and oxygen atoms in total. The Labute approximate surface area is 180 Å². The van der Waals surface area contributed by atoms with E-state index in [1.807, 2.05) is 42.5 Å². The molecule has 0 saturated carbocycles. The molecule has 1 unspecified atom stereocenters. The SMILES string of the molecule is C=C1C(=O)N(c2cccc(OC)c2)C1c1ccc(OC)c(O[Si](C)(C)C(C)(C)C)c1. The molecule has 0 spiro atoms. The van der Waals surface area contributed by atoms with Crippen LogP contribution in [0.5, 0.6) is 17.2 Å². The Morgan fingerprint density at radius 2 is 1.70 bits per heavy atom. The minimum Gasteiger partial charge on any atom is -0.541 e. The Hall–Kier alpha value is -2.73. The second-order valence-electron chi connectivity index (χ2n) is 9.08. The van der Waals surface area contributed by atoms with Crippen molar-refractivity contribution >= 4 is 19.9 Å². The van der Waals surface area contributed by atoms with Crippen molar-refractivity contribution in [2.45, 2.75) is 44.9 Å². The summed E-state index contributed by atoms with van der Waals surface area (Å²) in [6, 6.07) is 13.1. The molecule has 2 aromatic rings. The van der Waals surface area contributed by atoms with E-state index >= 15 is 0 Å². The standard InChI is InChI=1S/C24H31NO4Si/c1-16-22(25(23(16)26)18-10-9-11-19(15-18)27-5)17-12-13-20(28-6)21(14-17)29-30(7,8)24(2,3)4/h9-15,22H,1H2,2-8H3. The summed E-state index contributed by atoms with van der Waals surface area (Å²) in [5.41, 5.74) is 2.28. The zero-order valence-electron chi connectivity index (χ0n) is 18.9. The predicted octanol–water partition coefficient (Wildman–Crippen LogP) is 5.73. The van der Waals surface area contributed by atoms with E-state index in [9.17, 15) is 4.79 Å². The lowest BCUT2D eigenvalue weighted by Crippen LogP contribution is -2.49. The van der Waals surface area contributed by atoms with Crippen molar-refractivity contribution in [3.8, 4) is 17.2 Å². The van der Waals surface area contributed by atoms with E-state index in [0.717, 1.165) is 11.3 Å². The molecule has 0 aromatic heterocycles. The number of amides is 1. The largest absolute Gasteiger partial charge is 0.541 e. The molecule has 1 saturated heterocycles. The lowest BCUT2D eigenvalue weighted by atomic mass is 9.88. The van der Waals surface area contributed by atoms with Crippen molar-refractivity contribution in [1.82, 2.24) is 0 Å². The zero-order valence-corrected chi connectivity index (χ0v) is 19.9. The van der Waals surface area contributed by atoms with Gasteiger partial charge in [0, 0.05) is 17.3 Å². The molecule has 1 fully saturated rings. The summed E-state index contributed by atoms with van der Waals surface area (Å²) in [4.78, 5) is 14.4. The Bertz CT molecular complexity index is 977. The molecule has 0 N–H and O–H groups in total. The average molecular weight is 426 g/mol. The highest BCUT2D eigenvalue weighted by Gasteiger charge is 2.44. The highest BCUT2D eigenvalue weighted by molar-refractivity contribution is 6.74. The molecule has 0 bridgehead atoms. The van der Waals surface area contributed by atoms with E-state index in [1.165, 1.54) is 0 Å². The van der Waals surface area contributed by atoms with Crippen LogP contribution in [0.2, 0.25) is 18.1 Å². The smallest absolute Gasteiger partial charge is 0.256 e. The van der Waals surface area contributed by atoms with Gasteiger partial charge in [0.25, 0.3) is 14.2 Å². The average Bonchev–Trinajstić information content (AvgIpc) is 2.70. The number of rotatable bonds is 6. The summed E-state index contributed by atoms with van der Waals surface area (Å²) in [5, 5.41) is 0.0523. The Morgan fingerprint density at radius 1 is 1.00 bits per heavy atom. The topological polar surface area (TPSA) is 48.0 Å². The van der Waals surface area contributed by atoms with Crippen LogP contribution in [0.1, 0.15) is 32.4 Å². The number of ether oxygens (including phenoxy) is 2. The maximum atomic E-state index is 12.7. The maximum Gasteiger partial charge on any atom is 0.256 e. The number of hydrogen-bond donors (Lipinski definition) is 0. The van der Waals surface area contributed by atoms with Crippen LogP contribution >= 0.6 is 0 Å². The summed E-state index contributed by atoms with van der Waals surface area (Å²) in [6.07, 6.45) is 0. The van der Waals surface area contributed by atoms with Gasteiger partial charge >= 0.3 is 0 Å². The van der Waals surface area contributed by atoms with E-state index in [2.05, 4.69) is 40.4 Å². The maximum absolute atomic E-state index is 12.7. The van der Waals surface area contributed by atoms with Crippen LogP contribution in [0.3, 0.4) is 0 Å². The quantitative estimate of drug-likeness (QED) is 0.337. The number of methoxy groups -OCH3 is 2. The molecule has 1 atom stereocenters. The van der Waals surface area contributed by atoms with E-state index in [4.69, 9.17) is 13.9 Å². The third-order valence-electron chi connectivity index (χ3n) is 6.09. The molecule has 1 amide bonds. The highest BCUT2D eigenvalue weighted by Crippen LogP contribution is 2.46. The molecule has 6 heteroatoms. The van der Waals surface area contributed by atoms with Crippen LogP contribution in [0.4, 0.5) is 5.69 Å². The Morgan fingerprint density at radius 3 is 2.30 bits per heavy atom. The first kappa shape index (κ1) is 22.0. The van der Waals surface area contributed by atoms with Crippen molar-refractivity contribution in [1.29, 1.82) is 0 Å². The summed E-state index contributed by atoms with van der Waals surface area (Å²) in [7, 11) is 1.19. The first-order chi connectivity index (χ1) is 14.0. The summed E-state index contributed by atoms with van der Waals surface area (Å²) in [6.45, 7) is 15.0. The normalized spacial score (nSPS) is 16.9. The van der Waals surface area contributed by atoms with Crippen molar-refractivity contribution < 1.29 is 18.7 Å². The van der Waals surface area contributed by atoms with E-state index < -0.39 is 8.32 Å². The molecule has 2 aromatic carbocycles. The molecule has 30 heavy (non-hydrogen) atoms. The van der Waals surface area contributed by atoms with Crippen molar-refractivity contribution in [2.24, 2.45) is 0 Å². The van der Waals surface area contributed by atoms with E-state index in [1.54, 1.807) is 19.1 Å². The predicted molar refractivity (Wildman–Crippen MR) is 123 cm³/mol. The first-order valence-corrected chi connectivity index (χ1v) is 12.9. The summed E-state index contributed by atoms with van der Waals surface area (Å²) >= 11 is 0. The van der Waals surface area contributed by atoms with Crippen LogP contribution in [0.25, 0.3) is 0 Å². The zero-order chi connectivity index (χ0) is 22.3. The third-order valence-corrected chi connectivity index (χ3v) is 10.4. The fourth-order valence-corrected chi connectivity index (χ4v) is 4.24. The van der Waals surface area contributed by atoms with E-state index in [-0.39, 0.29) is 17.0 Å². The summed E-state index contributed by atoms with van der Waals surface area (Å²) in [5.74, 6) is 2.01. The number of carbonyl (C=O) groups excluding carboxylic acids is 1. The highest BCUT2D eigenvalue weighted by atomic mass is 28.4. The van der Waals surface area contributed by atoms with Gasteiger partial charge in [0.05, 0.1) is 20.3 Å². The lowest BCUT2D eigenvalue weighted by molar-refractivity contribution is -0.118. The van der Waals surface area contributed by atoms with Gasteiger partial charge in [-0.3, -0.25) is 9.69 Å². The molecular formula is C24H31NO4Si. The number of anilines is 1. The van der Waals surface area contributed by atoms with Crippen LogP contribution in [0, 0.1) is 0 Å². The molecule has 3 rings (SSSR count). The Kier molecular flexibility index (Phi) is 5.74. The number of hydrogen-bond acceptors (Lipinski definition) is 4. The molecule has 0 radical (unpaired) electrons. The second kappa shape index (κ2) is 7.83. The fraction of sp³-hybridized carbons (Fsp3) is 0.375. The van der Waals surface area contributed by atoms with Gasteiger partial charge in [-0.25, -0.2) is 0 Å². The Balaban J connectivity index is 2.00. The van der Waals surface area contributed by atoms with Crippen molar-refractivity contribution in [3.05, 3.63) is 60.2 Å². The van der Waals surface area contributed by atoms with Gasteiger partial charge in [0.1, 0.15) is 11.5 Å². The minimum absolute atomic E-state index is 0.0523. The van der Waals surface area contributed by atoms with Crippen molar-refractivity contribution in [3.63, 3.8) is 0 Å². The minimum atomic E-state index is -2.07. The lowest BCUT2D eigenvalue weighted by Gasteiger charge is -2.43. The third kappa shape index (κ3) is 3.84. The van der Waals surface area contributed by atoms with E-state index in [0.29, 0.717) is 22.8 Å². The van der Waals surface area contributed by atoms with Crippen LogP contribution in [-0.4, -0.2) is 28.4 Å². The first-order valence-electron chi connectivity index (χ1n) is 10.0. The van der Waals surface area contributed by atoms with Crippen LogP contribution < -0.4 is 18.8 Å². The van der Waals surface area contributed by atoms with Crippen LogP contribution in [0.15, 0.2) is 54.6 Å². The molecule has 1 aliphatic heterocycles. The molecule has 160 valence electrons. The molecule has 0 aliphatic carbocycles. The summed E-state index contributed by atoms with van der Waals surface area (Å²) < 4.78 is 17.4. The van der Waals surface area contributed by atoms with Gasteiger partial charge in [-0.2, -0.15) is 0 Å². The molecule has 1 aliphatic rings. The molecule has 1 heterocycles. The monoisotopic (exact) mass is 425 g/mol. The van der Waals surface area contributed by atoms with Crippen molar-refractivity contribution in [2.75, 3.05) is 19.1 Å². The van der Waals surface area contributed by atoms with Gasteiger partial charge in [-0.15, -0.1) is 0 Å². The van der Waals surface area contributed by atoms with Gasteiger partial charge in [0.15, 0.2) is 5.75 Å². The van der Waals surface area contributed by atoms with Crippen LogP contribution in [-0.2, 0) is 4.79 Å². The number of benzene rings is 2. The number of nitrogens with zero attached hydrogens (tertiary/aromatic N) is 1. The van der Waals surface area contributed by atoms with Gasteiger partial charge < -0.3 is 13.9 Å². The molecular weight excluding hydrogens is 394 g/mol. The number of β-lactam (4-membered cyclic amide) rings is 1. The number of carbonyl (C=O) groups is 1. The fourth-order valence-electron chi connectivity index (χ4n) is 3.23. The van der Waals surface area contributed by atoms with Gasteiger partial charge in [-0.1, -0.05) is 39.5 Å².